The van der Waals surface area contributed by atoms with E-state index in [1.54, 1.807) is 13.8 Å². The molecule has 5 heteroatoms. The summed E-state index contributed by atoms with van der Waals surface area (Å²) in [4.78, 5) is 0. The van der Waals surface area contributed by atoms with E-state index < -0.39 is 12.2 Å². The molecule has 0 aliphatic heterocycles. The molecular weight excluding hydrogens is 196 g/mol. The summed E-state index contributed by atoms with van der Waals surface area (Å²) in [5.41, 5.74) is 2.59. The zero-order valence-electron chi connectivity index (χ0n) is 9.60. The van der Waals surface area contributed by atoms with E-state index in [2.05, 4.69) is 5.43 Å². The van der Waals surface area contributed by atoms with Crippen LogP contribution in [0.5, 0.6) is 0 Å². The van der Waals surface area contributed by atoms with Crippen LogP contribution < -0.4 is 10.6 Å². The second-order valence-corrected chi connectivity index (χ2v) is 3.75. The monoisotopic (exact) mass is 218 g/mol. The van der Waals surface area contributed by atoms with Crippen molar-refractivity contribution in [1.82, 2.24) is 5.43 Å². The molecule has 0 aromatic heterocycles. The highest BCUT2D eigenvalue weighted by Crippen LogP contribution is 1.95. The summed E-state index contributed by atoms with van der Waals surface area (Å²) < 4.78 is 0. The summed E-state index contributed by atoms with van der Waals surface area (Å²) in [5.74, 6) is 0. The molecule has 4 unspecified atom stereocenters. The van der Waals surface area contributed by atoms with Crippen molar-refractivity contribution in [3.8, 4) is 0 Å². The van der Waals surface area contributed by atoms with Gasteiger partial charge in [-0.15, -0.1) is 0 Å². The van der Waals surface area contributed by atoms with Gasteiger partial charge in [-0.25, -0.2) is 0 Å². The molecule has 0 radical (unpaired) electrons. The summed E-state index contributed by atoms with van der Waals surface area (Å²) in [6, 6.07) is -0.287. The summed E-state index contributed by atoms with van der Waals surface area (Å²) in [6.45, 7) is 5.30. The first-order valence-electron chi connectivity index (χ1n) is 5.32. The van der Waals surface area contributed by atoms with Crippen molar-refractivity contribution in [2.75, 3.05) is 0 Å². The van der Waals surface area contributed by atoms with Gasteiger partial charge in [0.1, 0.15) is 6.20 Å². The van der Waals surface area contributed by atoms with Gasteiger partial charge in [0.15, 0.2) is 0 Å². The van der Waals surface area contributed by atoms with Crippen LogP contribution in [0.4, 0.5) is 0 Å². The maximum Gasteiger partial charge on any atom is 0.112 e. The number of aliphatic hydroxyl groups is 2. The molecule has 0 rings (SSSR count). The molecule has 0 aliphatic rings. The van der Waals surface area contributed by atoms with Crippen LogP contribution in [0, 0.1) is 5.21 Å². The van der Waals surface area contributed by atoms with Crippen LogP contribution in [0.1, 0.15) is 33.6 Å². The van der Waals surface area contributed by atoms with Gasteiger partial charge in [-0.2, -0.15) is 5.43 Å². The van der Waals surface area contributed by atoms with Gasteiger partial charge in [-0.05, 0) is 26.3 Å². The van der Waals surface area contributed by atoms with E-state index in [1.807, 2.05) is 6.92 Å². The highest BCUT2D eigenvalue weighted by molar-refractivity contribution is 4.81. The largest absolute Gasteiger partial charge is 0.608 e. The molecule has 90 valence electrons. The normalized spacial score (nSPS) is 20.1. The zero-order valence-corrected chi connectivity index (χ0v) is 9.60. The van der Waals surface area contributed by atoms with E-state index in [9.17, 15) is 10.3 Å². The van der Waals surface area contributed by atoms with Crippen LogP contribution >= 0.6 is 0 Å². The minimum Gasteiger partial charge on any atom is -0.608 e. The van der Waals surface area contributed by atoms with E-state index in [4.69, 9.17) is 5.11 Å². The average molecular weight is 218 g/mol. The topological polar surface area (TPSA) is 80.0 Å². The maximum absolute atomic E-state index is 11.2. The lowest BCUT2D eigenvalue weighted by atomic mass is 10.2. The third-order valence-corrected chi connectivity index (χ3v) is 2.15. The molecule has 0 bridgehead atoms. The molecule has 15 heavy (non-hydrogen) atoms. The van der Waals surface area contributed by atoms with Crippen molar-refractivity contribution in [2.45, 2.75) is 51.9 Å². The van der Waals surface area contributed by atoms with Gasteiger partial charge in [0.05, 0.1) is 18.2 Å². The molecule has 0 saturated heterocycles. The Kier molecular flexibility index (Phi) is 7.54. The Bertz CT molecular complexity index is 186. The fraction of sp³-hybridized carbons (Fsp3) is 0.800. The van der Waals surface area contributed by atoms with Crippen molar-refractivity contribution in [3.05, 3.63) is 17.5 Å². The molecule has 0 amide bonds. The van der Waals surface area contributed by atoms with E-state index in [1.165, 1.54) is 12.3 Å². The number of aliphatic hydroxyl groups excluding tert-OH is 2. The molecule has 0 fully saturated rings. The van der Waals surface area contributed by atoms with E-state index >= 15 is 0 Å². The number of hydroxylamine groups is 1. The predicted octanol–water partition coefficient (Wildman–Crippen LogP) is -0.682. The lowest BCUT2D eigenvalue weighted by molar-refractivity contribution is -0.847. The lowest BCUT2D eigenvalue weighted by Crippen LogP contribution is -3.11. The van der Waals surface area contributed by atoms with E-state index in [0.29, 0.717) is 6.42 Å². The molecule has 5 nitrogen and oxygen atoms in total. The molecule has 0 aromatic carbocycles. The number of nitrogens with one attached hydrogen (secondary N) is 2. The molecule has 0 heterocycles. The Balaban J connectivity index is 3.86. The van der Waals surface area contributed by atoms with Crippen molar-refractivity contribution in [1.29, 1.82) is 0 Å². The smallest absolute Gasteiger partial charge is 0.112 e. The van der Waals surface area contributed by atoms with Crippen LogP contribution in [0.2, 0.25) is 0 Å². The minimum absolute atomic E-state index is 0.287. The Labute approximate surface area is 91.0 Å². The summed E-state index contributed by atoms with van der Waals surface area (Å²) >= 11 is 0. The van der Waals surface area contributed by atoms with E-state index in [-0.39, 0.29) is 11.2 Å². The standard InChI is InChI=1S/C10H22N2O3/c1-4-5-10(14)6-7-12(15)11-8(2)9(3)13/h6-14H,4-5H2,1-3H3. The highest BCUT2D eigenvalue weighted by atomic mass is 16.5. The highest BCUT2D eigenvalue weighted by Gasteiger charge is 2.10. The van der Waals surface area contributed by atoms with Gasteiger partial charge in [-0.1, -0.05) is 13.3 Å². The minimum atomic E-state index is -0.581. The van der Waals surface area contributed by atoms with Gasteiger partial charge < -0.3 is 15.4 Å². The zero-order chi connectivity index (χ0) is 11.8. The Morgan fingerprint density at radius 3 is 2.47 bits per heavy atom. The molecule has 0 saturated carbocycles. The van der Waals surface area contributed by atoms with Crippen LogP contribution in [0.15, 0.2) is 12.3 Å². The van der Waals surface area contributed by atoms with Gasteiger partial charge in [-0.3, -0.25) is 5.17 Å². The third kappa shape index (κ3) is 7.47. The fourth-order valence-electron chi connectivity index (χ4n) is 0.984. The summed E-state index contributed by atoms with van der Waals surface area (Å²) in [7, 11) is 0. The molecular formula is C10H22N2O3. The Morgan fingerprint density at radius 2 is 2.00 bits per heavy atom. The Hall–Kier alpha value is -0.460. The second kappa shape index (κ2) is 7.78. The van der Waals surface area contributed by atoms with Crippen molar-refractivity contribution < 1.29 is 15.4 Å². The molecule has 4 N–H and O–H groups in total. The van der Waals surface area contributed by atoms with Crippen LogP contribution in [-0.2, 0) is 0 Å². The first kappa shape index (κ1) is 14.5. The molecule has 4 atom stereocenters. The van der Waals surface area contributed by atoms with E-state index in [0.717, 1.165) is 6.42 Å². The number of quaternary nitrogens is 1. The van der Waals surface area contributed by atoms with Crippen LogP contribution in [0.25, 0.3) is 0 Å². The molecule has 0 aromatic rings. The van der Waals surface area contributed by atoms with Crippen LogP contribution in [0.3, 0.4) is 0 Å². The molecule has 0 aliphatic carbocycles. The Morgan fingerprint density at radius 1 is 1.40 bits per heavy atom. The van der Waals surface area contributed by atoms with Crippen LogP contribution in [-0.4, -0.2) is 28.5 Å². The summed E-state index contributed by atoms with van der Waals surface area (Å²) in [6.07, 6.45) is 3.14. The van der Waals surface area contributed by atoms with Crippen molar-refractivity contribution >= 4 is 0 Å². The van der Waals surface area contributed by atoms with Gasteiger partial charge in [0.25, 0.3) is 0 Å². The molecule has 0 spiro atoms. The third-order valence-electron chi connectivity index (χ3n) is 2.15. The summed E-state index contributed by atoms with van der Waals surface area (Å²) in [5, 5.41) is 29.4. The SMILES string of the molecule is CCCC(O)C=C[NH+]([O-])NC(C)C(C)O. The second-order valence-electron chi connectivity index (χ2n) is 3.75. The van der Waals surface area contributed by atoms with Gasteiger partial charge in [0.2, 0.25) is 0 Å². The van der Waals surface area contributed by atoms with Gasteiger partial charge >= 0.3 is 0 Å². The maximum atomic E-state index is 11.2. The number of hydrogen-bond acceptors (Lipinski definition) is 4. The van der Waals surface area contributed by atoms with Gasteiger partial charge in [0, 0.05) is 0 Å². The van der Waals surface area contributed by atoms with Crippen molar-refractivity contribution in [3.63, 3.8) is 0 Å². The first-order valence-corrected chi connectivity index (χ1v) is 5.32. The first-order chi connectivity index (χ1) is 6.97. The predicted molar refractivity (Wildman–Crippen MR) is 58.7 cm³/mol. The average Bonchev–Trinajstić information content (AvgIpc) is 2.15. The quantitative estimate of drug-likeness (QED) is 0.427. The number of rotatable bonds is 7. The van der Waals surface area contributed by atoms with Crippen molar-refractivity contribution in [2.24, 2.45) is 0 Å². The lowest BCUT2D eigenvalue weighted by Gasteiger charge is -2.24. The number of hydrogen-bond donors (Lipinski definition) is 4. The fourth-order valence-corrected chi connectivity index (χ4v) is 0.984.